The lowest BCUT2D eigenvalue weighted by atomic mass is 10.0. The summed E-state index contributed by atoms with van der Waals surface area (Å²) in [6.07, 6.45) is 0. The van der Waals surface area contributed by atoms with E-state index in [9.17, 15) is 9.65 Å². The van der Waals surface area contributed by atoms with Crippen molar-refractivity contribution in [3.63, 3.8) is 0 Å². The first kappa shape index (κ1) is 12.1. The minimum Gasteiger partial charge on any atom is -0.366 e. The monoisotopic (exact) mass is 240 g/mol. The summed E-state index contributed by atoms with van der Waals surface area (Å²) >= 11 is 0. The van der Waals surface area contributed by atoms with Gasteiger partial charge in [0, 0.05) is 5.69 Å². The summed E-state index contributed by atoms with van der Waals surface area (Å²) < 4.78 is 13.1. The predicted octanol–water partition coefficient (Wildman–Crippen LogP) is 3.81. The summed E-state index contributed by atoms with van der Waals surface area (Å²) in [6.45, 7) is 1.95. The number of anilines is 1. The van der Waals surface area contributed by atoms with E-state index in [0.29, 0.717) is 5.69 Å². The molecule has 0 amide bonds. The first-order valence-electron chi connectivity index (χ1n) is 5.68. The number of nitriles is 1. The average Bonchev–Trinajstić information content (AvgIpc) is 2.37. The summed E-state index contributed by atoms with van der Waals surface area (Å²) in [5, 5.41) is 12.3. The Morgan fingerprint density at radius 3 is 2.61 bits per heavy atom. The lowest BCUT2D eigenvalue weighted by Gasteiger charge is -2.15. The van der Waals surface area contributed by atoms with Gasteiger partial charge in [-0.05, 0) is 36.2 Å². The van der Waals surface area contributed by atoms with Crippen LogP contribution in [0.4, 0.5) is 10.1 Å². The third-order valence-electron chi connectivity index (χ3n) is 2.76. The van der Waals surface area contributed by atoms with Crippen LogP contribution in [-0.4, -0.2) is 0 Å². The summed E-state index contributed by atoms with van der Waals surface area (Å²) in [5.41, 5.74) is 2.54. The summed E-state index contributed by atoms with van der Waals surface area (Å²) in [7, 11) is 0. The number of rotatable bonds is 3. The third-order valence-corrected chi connectivity index (χ3v) is 2.76. The molecule has 2 aromatic rings. The molecule has 1 N–H and O–H groups in total. The number of hydrogen-bond donors (Lipinski definition) is 1. The topological polar surface area (TPSA) is 35.8 Å². The molecule has 0 heterocycles. The molecule has 2 rings (SSSR count). The molecule has 1 atom stereocenters. The molecule has 90 valence electrons. The van der Waals surface area contributed by atoms with Crippen LogP contribution >= 0.6 is 0 Å². The zero-order valence-electron chi connectivity index (χ0n) is 10.0. The minimum absolute atomic E-state index is 0.318. The number of halogens is 1. The highest BCUT2D eigenvalue weighted by atomic mass is 19.1. The van der Waals surface area contributed by atoms with E-state index in [2.05, 4.69) is 11.4 Å². The van der Waals surface area contributed by atoms with Crippen LogP contribution in [0.25, 0.3) is 0 Å². The molecule has 0 fully saturated rings. The summed E-state index contributed by atoms with van der Waals surface area (Å²) in [4.78, 5) is 0. The fourth-order valence-corrected chi connectivity index (χ4v) is 1.84. The van der Waals surface area contributed by atoms with Crippen LogP contribution in [0, 0.1) is 24.1 Å². The van der Waals surface area contributed by atoms with Gasteiger partial charge in [-0.3, -0.25) is 0 Å². The van der Waals surface area contributed by atoms with Crippen molar-refractivity contribution < 1.29 is 4.39 Å². The van der Waals surface area contributed by atoms with E-state index in [1.54, 1.807) is 12.1 Å². The Balaban J connectivity index is 2.26. The molecule has 0 spiro atoms. The zero-order chi connectivity index (χ0) is 13.0. The van der Waals surface area contributed by atoms with Gasteiger partial charge in [0.2, 0.25) is 0 Å². The molecule has 0 bridgehead atoms. The Hall–Kier alpha value is -2.34. The van der Waals surface area contributed by atoms with Gasteiger partial charge in [0.05, 0.1) is 6.07 Å². The summed E-state index contributed by atoms with van der Waals surface area (Å²) in [6, 6.07) is 15.5. The van der Waals surface area contributed by atoms with E-state index in [1.807, 2.05) is 31.2 Å². The number of nitrogens with one attached hydrogen (secondary N) is 1. The van der Waals surface area contributed by atoms with Crippen molar-refractivity contribution in [3.05, 3.63) is 65.5 Å². The minimum atomic E-state index is -0.479. The normalized spacial score (nSPS) is 11.6. The largest absolute Gasteiger partial charge is 0.366 e. The highest BCUT2D eigenvalue weighted by Crippen LogP contribution is 2.22. The Labute approximate surface area is 106 Å². The van der Waals surface area contributed by atoms with Crippen LogP contribution in [0.2, 0.25) is 0 Å². The van der Waals surface area contributed by atoms with Gasteiger partial charge in [-0.2, -0.15) is 5.26 Å². The molecule has 0 radical (unpaired) electrons. The van der Waals surface area contributed by atoms with Crippen molar-refractivity contribution in [1.82, 2.24) is 0 Å². The van der Waals surface area contributed by atoms with Crippen LogP contribution in [0.5, 0.6) is 0 Å². The molecule has 0 aliphatic rings. The number of nitrogens with zero attached hydrogens (tertiary/aromatic N) is 1. The van der Waals surface area contributed by atoms with Crippen LogP contribution in [-0.2, 0) is 0 Å². The van der Waals surface area contributed by atoms with E-state index in [0.717, 1.165) is 11.1 Å². The molecular weight excluding hydrogens is 227 g/mol. The van der Waals surface area contributed by atoms with Crippen molar-refractivity contribution >= 4 is 5.69 Å². The summed E-state index contributed by atoms with van der Waals surface area (Å²) in [5.74, 6) is -0.318. The predicted molar refractivity (Wildman–Crippen MR) is 69.6 cm³/mol. The van der Waals surface area contributed by atoms with Gasteiger partial charge in [-0.15, -0.1) is 0 Å². The van der Waals surface area contributed by atoms with Crippen molar-refractivity contribution in [1.29, 1.82) is 5.26 Å². The fourth-order valence-electron chi connectivity index (χ4n) is 1.84. The van der Waals surface area contributed by atoms with Crippen LogP contribution < -0.4 is 5.32 Å². The quantitative estimate of drug-likeness (QED) is 0.885. The molecule has 1 unspecified atom stereocenters. The first-order valence-corrected chi connectivity index (χ1v) is 5.68. The molecule has 0 aliphatic heterocycles. The Morgan fingerprint density at radius 1 is 1.17 bits per heavy atom. The molecule has 0 aliphatic carbocycles. The molecular formula is C15H13FN2. The van der Waals surface area contributed by atoms with Gasteiger partial charge in [-0.1, -0.05) is 30.3 Å². The number of aryl methyl sites for hydroxylation is 1. The van der Waals surface area contributed by atoms with E-state index in [-0.39, 0.29) is 5.82 Å². The second-order valence-corrected chi connectivity index (χ2v) is 4.07. The maximum Gasteiger partial charge on any atom is 0.140 e. The van der Waals surface area contributed by atoms with E-state index in [4.69, 9.17) is 0 Å². The van der Waals surface area contributed by atoms with Gasteiger partial charge in [0.15, 0.2) is 0 Å². The molecule has 18 heavy (non-hydrogen) atoms. The van der Waals surface area contributed by atoms with E-state index in [1.165, 1.54) is 12.1 Å². The highest BCUT2D eigenvalue weighted by Gasteiger charge is 2.12. The second-order valence-electron chi connectivity index (χ2n) is 4.07. The lowest BCUT2D eigenvalue weighted by Crippen LogP contribution is -2.09. The maximum absolute atomic E-state index is 13.1. The molecule has 2 nitrogen and oxygen atoms in total. The Bertz CT molecular complexity index is 587. The van der Waals surface area contributed by atoms with Crippen LogP contribution in [0.3, 0.4) is 0 Å². The van der Waals surface area contributed by atoms with Gasteiger partial charge in [-0.25, -0.2) is 4.39 Å². The van der Waals surface area contributed by atoms with E-state index >= 15 is 0 Å². The average molecular weight is 240 g/mol. The highest BCUT2D eigenvalue weighted by molar-refractivity contribution is 5.48. The number of benzene rings is 2. The maximum atomic E-state index is 13.1. The van der Waals surface area contributed by atoms with Crippen molar-refractivity contribution in [2.45, 2.75) is 13.0 Å². The fraction of sp³-hybridized carbons (Fsp3) is 0.133. The third kappa shape index (κ3) is 2.67. The van der Waals surface area contributed by atoms with Gasteiger partial charge in [0.1, 0.15) is 11.9 Å². The van der Waals surface area contributed by atoms with Crippen LogP contribution in [0.15, 0.2) is 48.5 Å². The smallest absolute Gasteiger partial charge is 0.140 e. The van der Waals surface area contributed by atoms with Crippen molar-refractivity contribution in [3.8, 4) is 6.07 Å². The molecule has 3 heteroatoms. The van der Waals surface area contributed by atoms with Gasteiger partial charge < -0.3 is 5.32 Å². The molecule has 0 aromatic heterocycles. The molecule has 2 aromatic carbocycles. The number of hydrogen-bond acceptors (Lipinski definition) is 2. The molecule has 0 saturated heterocycles. The Kier molecular flexibility index (Phi) is 3.59. The first-order chi connectivity index (χ1) is 8.70. The van der Waals surface area contributed by atoms with Gasteiger partial charge >= 0.3 is 0 Å². The lowest BCUT2D eigenvalue weighted by molar-refractivity contribution is 0.628. The van der Waals surface area contributed by atoms with Crippen molar-refractivity contribution in [2.75, 3.05) is 5.32 Å². The van der Waals surface area contributed by atoms with Crippen molar-refractivity contribution in [2.24, 2.45) is 0 Å². The SMILES string of the molecule is Cc1ccccc1C(C#N)Nc1cccc(F)c1. The standard InChI is InChI=1S/C15H13FN2/c1-11-5-2-3-8-14(11)15(10-17)18-13-7-4-6-12(16)9-13/h2-9,15,18H,1H3. The Morgan fingerprint density at radius 2 is 1.94 bits per heavy atom. The second kappa shape index (κ2) is 5.33. The molecule has 0 saturated carbocycles. The van der Waals surface area contributed by atoms with E-state index < -0.39 is 6.04 Å². The van der Waals surface area contributed by atoms with Gasteiger partial charge in [0.25, 0.3) is 0 Å². The van der Waals surface area contributed by atoms with Crippen LogP contribution in [0.1, 0.15) is 17.2 Å². The zero-order valence-corrected chi connectivity index (χ0v) is 10.0.